The zero-order valence-corrected chi connectivity index (χ0v) is 10.6. The second-order valence-electron chi connectivity index (χ2n) is 3.66. The summed E-state index contributed by atoms with van der Waals surface area (Å²) in [6.07, 6.45) is -6.53. The predicted molar refractivity (Wildman–Crippen MR) is 60.5 cm³/mol. The zero-order chi connectivity index (χ0) is 14.6. The van der Waals surface area contributed by atoms with Crippen LogP contribution in [0.2, 0.25) is 0 Å². The second kappa shape index (κ2) is 5.81. The van der Waals surface area contributed by atoms with Gasteiger partial charge >= 0.3 is 12.1 Å². The van der Waals surface area contributed by atoms with Crippen molar-refractivity contribution in [3.63, 3.8) is 0 Å². The molecular weight excluding hydrogens is 265 g/mol. The molecule has 0 aliphatic heterocycles. The summed E-state index contributed by atoms with van der Waals surface area (Å²) in [5.74, 6) is -0.744. The first kappa shape index (κ1) is 15.1. The van der Waals surface area contributed by atoms with E-state index in [1.165, 1.54) is 26.4 Å². The molecule has 0 saturated heterocycles. The first-order valence-corrected chi connectivity index (χ1v) is 5.29. The van der Waals surface area contributed by atoms with Gasteiger partial charge in [0.25, 0.3) is 0 Å². The zero-order valence-electron chi connectivity index (χ0n) is 10.6. The molecule has 4 nitrogen and oxygen atoms in total. The fraction of sp³-hybridized carbons (Fsp3) is 0.417. The van der Waals surface area contributed by atoms with Crippen molar-refractivity contribution < 1.29 is 32.2 Å². The summed E-state index contributed by atoms with van der Waals surface area (Å²) in [6.45, 7) is 0.865. The van der Waals surface area contributed by atoms with Crippen LogP contribution in [0.25, 0.3) is 0 Å². The number of hydrogen-bond acceptors (Lipinski definition) is 4. The van der Waals surface area contributed by atoms with Gasteiger partial charge in [-0.2, -0.15) is 13.2 Å². The molecule has 1 aromatic rings. The fourth-order valence-corrected chi connectivity index (χ4v) is 1.27. The Morgan fingerprint density at radius 3 is 2.32 bits per heavy atom. The first-order chi connectivity index (χ1) is 8.79. The highest BCUT2D eigenvalue weighted by molar-refractivity contribution is 5.90. The van der Waals surface area contributed by atoms with E-state index in [4.69, 9.17) is 9.47 Å². The molecule has 1 aromatic carbocycles. The van der Waals surface area contributed by atoms with E-state index in [1.54, 1.807) is 0 Å². The van der Waals surface area contributed by atoms with Gasteiger partial charge in [-0.05, 0) is 25.1 Å². The Labute approximate surface area is 108 Å². The van der Waals surface area contributed by atoms with Crippen molar-refractivity contribution in [1.29, 1.82) is 0 Å². The van der Waals surface area contributed by atoms with Crippen LogP contribution in [0.15, 0.2) is 18.2 Å². The summed E-state index contributed by atoms with van der Waals surface area (Å²) in [6, 6.07) is 3.85. The van der Waals surface area contributed by atoms with Gasteiger partial charge in [0.15, 0.2) is 17.6 Å². The van der Waals surface area contributed by atoms with Crippen molar-refractivity contribution in [3.8, 4) is 11.5 Å². The van der Waals surface area contributed by atoms with Crippen LogP contribution in [0.1, 0.15) is 17.3 Å². The summed E-state index contributed by atoms with van der Waals surface area (Å²) in [5.41, 5.74) is 0.0766. The van der Waals surface area contributed by atoms with Gasteiger partial charge in [-0.25, -0.2) is 4.79 Å². The lowest BCUT2D eigenvalue weighted by Crippen LogP contribution is -2.31. The van der Waals surface area contributed by atoms with Crippen LogP contribution in [0.4, 0.5) is 13.2 Å². The van der Waals surface area contributed by atoms with E-state index in [1.807, 2.05) is 0 Å². The van der Waals surface area contributed by atoms with E-state index in [0.717, 1.165) is 13.0 Å². The van der Waals surface area contributed by atoms with Gasteiger partial charge in [-0.1, -0.05) is 0 Å². The number of halogens is 3. The maximum absolute atomic E-state index is 12.4. The minimum Gasteiger partial charge on any atom is -0.493 e. The van der Waals surface area contributed by atoms with Gasteiger partial charge in [-0.15, -0.1) is 0 Å². The molecule has 0 aromatic heterocycles. The Morgan fingerprint density at radius 2 is 1.84 bits per heavy atom. The number of hydrogen-bond donors (Lipinski definition) is 0. The van der Waals surface area contributed by atoms with Crippen molar-refractivity contribution in [2.24, 2.45) is 0 Å². The van der Waals surface area contributed by atoms with Crippen molar-refractivity contribution in [1.82, 2.24) is 0 Å². The van der Waals surface area contributed by atoms with E-state index in [9.17, 15) is 18.0 Å². The van der Waals surface area contributed by atoms with Crippen LogP contribution in [-0.2, 0) is 4.74 Å². The van der Waals surface area contributed by atoms with Crippen molar-refractivity contribution in [2.75, 3.05) is 14.2 Å². The molecule has 1 atom stereocenters. The summed E-state index contributed by atoms with van der Waals surface area (Å²) in [4.78, 5) is 11.3. The molecule has 1 unspecified atom stereocenters. The third kappa shape index (κ3) is 3.77. The van der Waals surface area contributed by atoms with Crippen molar-refractivity contribution in [2.45, 2.75) is 19.2 Å². The van der Waals surface area contributed by atoms with E-state index in [2.05, 4.69) is 4.74 Å². The Hall–Kier alpha value is -1.92. The van der Waals surface area contributed by atoms with Crippen LogP contribution < -0.4 is 9.47 Å². The minimum absolute atomic E-state index is 0.0766. The third-order valence-electron chi connectivity index (χ3n) is 2.35. The number of esters is 1. The smallest absolute Gasteiger partial charge is 0.425 e. The molecule has 0 heterocycles. The lowest BCUT2D eigenvalue weighted by molar-refractivity contribution is -0.189. The quantitative estimate of drug-likeness (QED) is 0.794. The van der Waals surface area contributed by atoms with Crippen LogP contribution >= 0.6 is 0 Å². The number of carbonyl (C=O) groups excluding carboxylic acids is 1. The first-order valence-electron chi connectivity index (χ1n) is 5.29. The summed E-state index contributed by atoms with van der Waals surface area (Å²) >= 11 is 0. The Balaban J connectivity index is 3.06. The number of alkyl halides is 3. The Kier molecular flexibility index (Phi) is 4.63. The van der Waals surface area contributed by atoms with Crippen LogP contribution in [0, 0.1) is 0 Å². The molecular formula is C12H13F3O4. The fourth-order valence-electron chi connectivity index (χ4n) is 1.27. The average Bonchev–Trinajstić information content (AvgIpc) is 2.36. The second-order valence-corrected chi connectivity index (χ2v) is 3.66. The Morgan fingerprint density at radius 1 is 1.21 bits per heavy atom. The average molecular weight is 278 g/mol. The molecule has 19 heavy (non-hydrogen) atoms. The van der Waals surface area contributed by atoms with Crippen LogP contribution in [-0.4, -0.2) is 32.5 Å². The van der Waals surface area contributed by atoms with E-state index < -0.39 is 18.2 Å². The van der Waals surface area contributed by atoms with Gasteiger partial charge in [-0.3, -0.25) is 0 Å². The number of carbonyl (C=O) groups is 1. The monoisotopic (exact) mass is 278 g/mol. The largest absolute Gasteiger partial charge is 0.493 e. The SMILES string of the molecule is COC(=O)c1ccc(OC)c(OC(C)C(F)(F)F)c1. The standard InChI is InChI=1S/C12H13F3O4/c1-7(12(13,14)15)19-10-6-8(11(16)18-3)4-5-9(10)17-2/h4-7H,1-3H3. The van der Waals surface area contributed by atoms with Gasteiger partial charge in [0, 0.05) is 0 Å². The summed E-state index contributed by atoms with van der Waals surface area (Å²) < 4.78 is 51.5. The summed E-state index contributed by atoms with van der Waals surface area (Å²) in [5, 5.41) is 0. The van der Waals surface area contributed by atoms with E-state index in [0.29, 0.717) is 0 Å². The van der Waals surface area contributed by atoms with E-state index in [-0.39, 0.29) is 17.1 Å². The lowest BCUT2D eigenvalue weighted by Gasteiger charge is -2.19. The molecule has 106 valence electrons. The van der Waals surface area contributed by atoms with Crippen LogP contribution in [0.3, 0.4) is 0 Å². The number of rotatable bonds is 4. The number of benzene rings is 1. The van der Waals surface area contributed by atoms with Gasteiger partial charge in [0.2, 0.25) is 0 Å². The molecule has 0 aliphatic carbocycles. The van der Waals surface area contributed by atoms with Gasteiger partial charge in [0.05, 0.1) is 19.8 Å². The van der Waals surface area contributed by atoms with Crippen molar-refractivity contribution >= 4 is 5.97 Å². The molecule has 0 fully saturated rings. The molecule has 0 aliphatic rings. The highest BCUT2D eigenvalue weighted by atomic mass is 19.4. The molecule has 0 bridgehead atoms. The van der Waals surface area contributed by atoms with E-state index >= 15 is 0 Å². The summed E-state index contributed by atoms with van der Waals surface area (Å²) in [7, 11) is 2.46. The molecule has 0 radical (unpaired) electrons. The minimum atomic E-state index is -4.51. The molecule has 0 saturated carbocycles. The maximum Gasteiger partial charge on any atom is 0.425 e. The molecule has 1 rings (SSSR count). The molecule has 0 amide bonds. The lowest BCUT2D eigenvalue weighted by atomic mass is 10.2. The molecule has 0 N–H and O–H groups in total. The van der Waals surface area contributed by atoms with Gasteiger partial charge in [0.1, 0.15) is 0 Å². The number of methoxy groups -OCH3 is 2. The highest BCUT2D eigenvalue weighted by Gasteiger charge is 2.38. The Bertz CT molecular complexity index is 457. The van der Waals surface area contributed by atoms with Crippen LogP contribution in [0.5, 0.6) is 11.5 Å². The van der Waals surface area contributed by atoms with Gasteiger partial charge < -0.3 is 14.2 Å². The highest BCUT2D eigenvalue weighted by Crippen LogP contribution is 2.32. The topological polar surface area (TPSA) is 44.8 Å². The molecule has 0 spiro atoms. The third-order valence-corrected chi connectivity index (χ3v) is 2.35. The number of ether oxygens (including phenoxy) is 3. The normalized spacial score (nSPS) is 12.7. The maximum atomic E-state index is 12.4. The predicted octanol–water partition coefficient (Wildman–Crippen LogP) is 2.81. The molecule has 7 heteroatoms. The van der Waals surface area contributed by atoms with Crippen molar-refractivity contribution in [3.05, 3.63) is 23.8 Å².